The highest BCUT2D eigenvalue weighted by atomic mass is 35.5. The molecule has 0 aromatic carbocycles. The van der Waals surface area contributed by atoms with Crippen LogP contribution in [0.1, 0.15) is 46.0 Å². The molecule has 0 bridgehead atoms. The van der Waals surface area contributed by atoms with E-state index in [9.17, 15) is 4.79 Å². The predicted molar refractivity (Wildman–Crippen MR) is 78.3 cm³/mol. The molecule has 1 amide bonds. The van der Waals surface area contributed by atoms with Crippen LogP contribution in [-0.4, -0.2) is 30.7 Å². The lowest BCUT2D eigenvalue weighted by Gasteiger charge is -2.33. The fourth-order valence-electron chi connectivity index (χ4n) is 3.23. The summed E-state index contributed by atoms with van der Waals surface area (Å²) in [5, 5.41) is 3.17. The molecule has 1 saturated heterocycles. The molecule has 0 aromatic rings. The number of ether oxygens (including phenoxy) is 1. The molecule has 1 aliphatic heterocycles. The van der Waals surface area contributed by atoms with Crippen molar-refractivity contribution < 1.29 is 9.53 Å². The Balaban J connectivity index is 0.00000180. The lowest BCUT2D eigenvalue weighted by atomic mass is 9.80. The Labute approximate surface area is 122 Å². The summed E-state index contributed by atoms with van der Waals surface area (Å²) in [4.78, 5) is 12.1. The molecule has 112 valence electrons. The SMILES string of the molecule is CC1CCC(NC(=O)[C@@H]2CC[C@H](CN)O2)C(C)C1.Cl. The zero-order valence-electron chi connectivity index (χ0n) is 11.9. The van der Waals surface area contributed by atoms with Gasteiger partial charge in [-0.2, -0.15) is 0 Å². The van der Waals surface area contributed by atoms with Crippen LogP contribution < -0.4 is 11.1 Å². The van der Waals surface area contributed by atoms with E-state index in [1.807, 2.05) is 0 Å². The van der Waals surface area contributed by atoms with Crippen LogP contribution in [-0.2, 0) is 9.53 Å². The van der Waals surface area contributed by atoms with Crippen LogP contribution >= 0.6 is 12.4 Å². The zero-order valence-corrected chi connectivity index (χ0v) is 12.7. The van der Waals surface area contributed by atoms with Crippen molar-refractivity contribution in [3.8, 4) is 0 Å². The van der Waals surface area contributed by atoms with E-state index in [0.29, 0.717) is 18.5 Å². The van der Waals surface area contributed by atoms with Gasteiger partial charge in [-0.25, -0.2) is 0 Å². The Morgan fingerprint density at radius 3 is 2.58 bits per heavy atom. The molecule has 1 saturated carbocycles. The van der Waals surface area contributed by atoms with Gasteiger partial charge in [-0.1, -0.05) is 13.8 Å². The van der Waals surface area contributed by atoms with Gasteiger partial charge in [-0.05, 0) is 43.9 Å². The van der Waals surface area contributed by atoms with Gasteiger partial charge in [0.1, 0.15) is 6.10 Å². The summed E-state index contributed by atoms with van der Waals surface area (Å²) in [6, 6.07) is 0.328. The van der Waals surface area contributed by atoms with Gasteiger partial charge in [-0.3, -0.25) is 4.79 Å². The van der Waals surface area contributed by atoms with Crippen molar-refractivity contribution in [2.45, 2.75) is 64.2 Å². The largest absolute Gasteiger partial charge is 0.364 e. The van der Waals surface area contributed by atoms with Crippen LogP contribution in [0.25, 0.3) is 0 Å². The van der Waals surface area contributed by atoms with E-state index in [0.717, 1.165) is 25.2 Å². The first-order valence-corrected chi connectivity index (χ1v) is 7.26. The lowest BCUT2D eigenvalue weighted by Crippen LogP contribution is -2.46. The minimum absolute atomic E-state index is 0. The summed E-state index contributed by atoms with van der Waals surface area (Å²) in [5.41, 5.74) is 5.56. The molecule has 2 aliphatic rings. The number of carbonyl (C=O) groups excluding carboxylic acids is 1. The molecule has 2 fully saturated rings. The first-order chi connectivity index (χ1) is 8.60. The summed E-state index contributed by atoms with van der Waals surface area (Å²) in [7, 11) is 0. The summed E-state index contributed by atoms with van der Waals surface area (Å²) >= 11 is 0. The van der Waals surface area contributed by atoms with E-state index >= 15 is 0 Å². The third-order valence-corrected chi connectivity index (χ3v) is 4.42. The first-order valence-electron chi connectivity index (χ1n) is 7.26. The van der Waals surface area contributed by atoms with Gasteiger partial charge < -0.3 is 15.8 Å². The highest BCUT2D eigenvalue weighted by Crippen LogP contribution is 2.29. The Morgan fingerprint density at radius 2 is 2.00 bits per heavy atom. The summed E-state index contributed by atoms with van der Waals surface area (Å²) in [5.74, 6) is 1.43. The fraction of sp³-hybridized carbons (Fsp3) is 0.929. The Kier molecular flexibility index (Phi) is 6.57. The van der Waals surface area contributed by atoms with Crippen molar-refractivity contribution in [2.75, 3.05) is 6.54 Å². The van der Waals surface area contributed by atoms with Gasteiger partial charge in [0.2, 0.25) is 5.91 Å². The quantitative estimate of drug-likeness (QED) is 0.834. The summed E-state index contributed by atoms with van der Waals surface area (Å²) in [6.45, 7) is 5.04. The molecule has 0 aromatic heterocycles. The van der Waals surface area contributed by atoms with E-state index in [2.05, 4.69) is 19.2 Å². The summed E-state index contributed by atoms with van der Waals surface area (Å²) in [6.07, 6.45) is 5.04. The molecular formula is C14H27ClN2O2. The smallest absolute Gasteiger partial charge is 0.249 e. The van der Waals surface area contributed by atoms with Crippen molar-refractivity contribution in [1.29, 1.82) is 0 Å². The lowest BCUT2D eigenvalue weighted by molar-refractivity contribution is -0.133. The highest BCUT2D eigenvalue weighted by Gasteiger charge is 2.33. The molecule has 1 aliphatic carbocycles. The van der Waals surface area contributed by atoms with Crippen molar-refractivity contribution in [3.05, 3.63) is 0 Å². The number of nitrogens with two attached hydrogens (primary N) is 1. The Bertz CT molecular complexity index is 301. The Morgan fingerprint density at radius 1 is 1.26 bits per heavy atom. The molecule has 3 unspecified atom stereocenters. The molecule has 5 heteroatoms. The van der Waals surface area contributed by atoms with E-state index in [1.54, 1.807) is 0 Å². The van der Waals surface area contributed by atoms with E-state index in [-0.39, 0.29) is 30.5 Å². The second-order valence-electron chi connectivity index (χ2n) is 6.07. The predicted octanol–water partition coefficient (Wildman–Crippen LogP) is 1.86. The number of hydrogen-bond donors (Lipinski definition) is 2. The highest BCUT2D eigenvalue weighted by molar-refractivity contribution is 5.85. The maximum atomic E-state index is 12.1. The molecule has 19 heavy (non-hydrogen) atoms. The summed E-state index contributed by atoms with van der Waals surface area (Å²) < 4.78 is 5.63. The Hall–Kier alpha value is -0.320. The van der Waals surface area contributed by atoms with Gasteiger partial charge in [0.15, 0.2) is 0 Å². The van der Waals surface area contributed by atoms with Gasteiger partial charge >= 0.3 is 0 Å². The molecular weight excluding hydrogens is 264 g/mol. The number of amides is 1. The molecule has 2 rings (SSSR count). The average molecular weight is 291 g/mol. The standard InChI is InChI=1S/C14H26N2O2.ClH/c1-9-3-5-12(10(2)7-9)16-14(17)13-6-4-11(8-15)18-13;/h9-13H,3-8,15H2,1-2H3,(H,16,17);1H/t9?,10?,11-,12?,13+;/m1./s1. The molecule has 5 atom stereocenters. The topological polar surface area (TPSA) is 64.4 Å². The minimum atomic E-state index is -0.273. The van der Waals surface area contributed by atoms with Crippen molar-refractivity contribution in [2.24, 2.45) is 17.6 Å². The van der Waals surface area contributed by atoms with Crippen LogP contribution in [0.5, 0.6) is 0 Å². The van der Waals surface area contributed by atoms with Gasteiger partial charge in [0, 0.05) is 12.6 Å². The van der Waals surface area contributed by atoms with E-state index in [4.69, 9.17) is 10.5 Å². The maximum absolute atomic E-state index is 12.1. The van der Waals surface area contributed by atoms with Gasteiger partial charge in [0.25, 0.3) is 0 Å². The second kappa shape index (κ2) is 7.46. The number of nitrogens with one attached hydrogen (secondary N) is 1. The van der Waals surface area contributed by atoms with Crippen LogP contribution in [0.15, 0.2) is 0 Å². The normalized spacial score (nSPS) is 38.6. The zero-order chi connectivity index (χ0) is 13.1. The van der Waals surface area contributed by atoms with Crippen LogP contribution in [0.4, 0.5) is 0 Å². The van der Waals surface area contributed by atoms with Gasteiger partial charge in [0.05, 0.1) is 6.10 Å². The molecule has 0 spiro atoms. The number of hydrogen-bond acceptors (Lipinski definition) is 3. The average Bonchev–Trinajstić information content (AvgIpc) is 2.81. The van der Waals surface area contributed by atoms with Crippen molar-refractivity contribution >= 4 is 18.3 Å². The second-order valence-corrected chi connectivity index (χ2v) is 6.07. The molecule has 0 radical (unpaired) electrons. The number of rotatable bonds is 3. The van der Waals surface area contributed by atoms with Crippen LogP contribution in [0, 0.1) is 11.8 Å². The van der Waals surface area contributed by atoms with Crippen molar-refractivity contribution in [1.82, 2.24) is 5.32 Å². The number of carbonyl (C=O) groups is 1. The first kappa shape index (κ1) is 16.7. The number of halogens is 1. The molecule has 1 heterocycles. The molecule has 4 nitrogen and oxygen atoms in total. The van der Waals surface area contributed by atoms with Crippen LogP contribution in [0.3, 0.4) is 0 Å². The third kappa shape index (κ3) is 4.33. The maximum Gasteiger partial charge on any atom is 0.249 e. The monoisotopic (exact) mass is 290 g/mol. The fourth-order valence-corrected chi connectivity index (χ4v) is 3.23. The van der Waals surface area contributed by atoms with E-state index in [1.165, 1.54) is 12.8 Å². The van der Waals surface area contributed by atoms with Gasteiger partial charge in [-0.15, -0.1) is 12.4 Å². The molecule has 3 N–H and O–H groups in total. The van der Waals surface area contributed by atoms with Crippen LogP contribution in [0.2, 0.25) is 0 Å². The van der Waals surface area contributed by atoms with E-state index < -0.39 is 0 Å². The van der Waals surface area contributed by atoms with Crippen molar-refractivity contribution in [3.63, 3.8) is 0 Å². The minimum Gasteiger partial charge on any atom is -0.364 e. The third-order valence-electron chi connectivity index (χ3n) is 4.42.